The summed E-state index contributed by atoms with van der Waals surface area (Å²) in [7, 11) is 1.68. The second kappa shape index (κ2) is 3.82. The molecule has 0 saturated heterocycles. The van der Waals surface area contributed by atoms with Crippen molar-refractivity contribution < 1.29 is 9.53 Å². The summed E-state index contributed by atoms with van der Waals surface area (Å²) in [5, 5.41) is 0. The number of hydrogen-bond acceptors (Lipinski definition) is 2. The molecule has 1 aliphatic rings. The molecule has 64 valence electrons. The first-order valence-corrected chi connectivity index (χ1v) is 3.75. The minimum absolute atomic E-state index is 0.0366. The third-order valence-corrected chi connectivity index (χ3v) is 1.66. The minimum Gasteiger partial charge on any atom is -0.500 e. The highest BCUT2D eigenvalue weighted by Crippen LogP contribution is 2.12. The van der Waals surface area contributed by atoms with E-state index in [1.807, 2.05) is 0 Å². The fourth-order valence-corrected chi connectivity index (χ4v) is 0.999. The summed E-state index contributed by atoms with van der Waals surface area (Å²) in [6, 6.07) is 0. The van der Waals surface area contributed by atoms with E-state index in [1.165, 1.54) is 11.2 Å². The Morgan fingerprint density at radius 3 is 3.17 bits per heavy atom. The molecule has 0 N–H and O–H groups in total. The maximum Gasteiger partial charge on any atom is 0.253 e. The van der Waals surface area contributed by atoms with E-state index < -0.39 is 0 Å². The van der Waals surface area contributed by atoms with Crippen LogP contribution in [0.2, 0.25) is 0 Å². The maximum absolute atomic E-state index is 11.4. The predicted octanol–water partition coefficient (Wildman–Crippen LogP) is 0.382. The van der Waals surface area contributed by atoms with Gasteiger partial charge in [-0.1, -0.05) is 5.92 Å². The van der Waals surface area contributed by atoms with E-state index in [9.17, 15) is 4.79 Å². The molecular formula is C9H11NO2. The number of likely N-dealkylation sites (N-methyl/N-ethyl adjacent to an activating group) is 1. The zero-order chi connectivity index (χ0) is 8.97. The SMILES string of the molecule is C#CCN(C)C(=O)C1=COCC1. The Bertz CT molecular complexity index is 250. The number of carbonyl (C=O) groups is 1. The van der Waals surface area contributed by atoms with Gasteiger partial charge in [0.05, 0.1) is 25.0 Å². The molecule has 3 heteroatoms. The van der Waals surface area contributed by atoms with Crippen molar-refractivity contribution in [1.29, 1.82) is 0 Å². The maximum atomic E-state index is 11.4. The van der Waals surface area contributed by atoms with E-state index in [-0.39, 0.29) is 5.91 Å². The number of rotatable bonds is 2. The lowest BCUT2D eigenvalue weighted by Crippen LogP contribution is -2.27. The van der Waals surface area contributed by atoms with Crippen LogP contribution in [-0.2, 0) is 9.53 Å². The topological polar surface area (TPSA) is 29.5 Å². The molecule has 1 amide bonds. The van der Waals surface area contributed by atoms with Crippen LogP contribution in [0.1, 0.15) is 6.42 Å². The Balaban J connectivity index is 2.53. The molecule has 0 radical (unpaired) electrons. The van der Waals surface area contributed by atoms with E-state index in [2.05, 4.69) is 5.92 Å². The number of nitrogens with zero attached hydrogens (tertiary/aromatic N) is 1. The van der Waals surface area contributed by atoms with Crippen LogP contribution >= 0.6 is 0 Å². The Labute approximate surface area is 72.0 Å². The van der Waals surface area contributed by atoms with Crippen LogP contribution in [0.5, 0.6) is 0 Å². The molecule has 0 atom stereocenters. The number of hydrogen-bond donors (Lipinski definition) is 0. The van der Waals surface area contributed by atoms with E-state index >= 15 is 0 Å². The molecule has 0 saturated carbocycles. The van der Waals surface area contributed by atoms with Crippen molar-refractivity contribution in [1.82, 2.24) is 4.90 Å². The summed E-state index contributed by atoms with van der Waals surface area (Å²) in [6.07, 6.45) is 7.27. The van der Waals surface area contributed by atoms with Crippen LogP contribution in [0.15, 0.2) is 11.8 Å². The second-order valence-corrected chi connectivity index (χ2v) is 2.63. The third-order valence-electron chi connectivity index (χ3n) is 1.66. The third kappa shape index (κ3) is 1.79. The molecule has 0 aromatic carbocycles. The van der Waals surface area contributed by atoms with Crippen LogP contribution in [0.25, 0.3) is 0 Å². The molecule has 0 fully saturated rings. The van der Waals surface area contributed by atoms with Gasteiger partial charge in [0.15, 0.2) is 0 Å². The summed E-state index contributed by atoms with van der Waals surface area (Å²) < 4.78 is 4.95. The molecule has 0 spiro atoms. The van der Waals surface area contributed by atoms with Crippen molar-refractivity contribution in [3.8, 4) is 12.3 Å². The van der Waals surface area contributed by atoms with Crippen molar-refractivity contribution >= 4 is 5.91 Å². The normalized spacial score (nSPS) is 14.5. The van der Waals surface area contributed by atoms with Gasteiger partial charge in [0.2, 0.25) is 0 Å². The van der Waals surface area contributed by atoms with Gasteiger partial charge in [-0.25, -0.2) is 0 Å². The first kappa shape index (κ1) is 8.66. The molecule has 1 rings (SSSR count). The second-order valence-electron chi connectivity index (χ2n) is 2.63. The number of carbonyl (C=O) groups excluding carboxylic acids is 1. The largest absolute Gasteiger partial charge is 0.500 e. The number of ether oxygens (including phenoxy) is 1. The van der Waals surface area contributed by atoms with Gasteiger partial charge in [0, 0.05) is 13.5 Å². The lowest BCUT2D eigenvalue weighted by molar-refractivity contribution is -0.125. The number of amides is 1. The van der Waals surface area contributed by atoms with E-state index in [0.717, 1.165) is 0 Å². The van der Waals surface area contributed by atoms with Gasteiger partial charge >= 0.3 is 0 Å². The van der Waals surface area contributed by atoms with Crippen LogP contribution in [0, 0.1) is 12.3 Å². The van der Waals surface area contributed by atoms with Gasteiger partial charge < -0.3 is 9.64 Å². The van der Waals surface area contributed by atoms with Crippen LogP contribution in [0.4, 0.5) is 0 Å². The Morgan fingerprint density at radius 1 is 1.92 bits per heavy atom. The first-order valence-electron chi connectivity index (χ1n) is 3.75. The van der Waals surface area contributed by atoms with Crippen molar-refractivity contribution in [3.05, 3.63) is 11.8 Å². The lowest BCUT2D eigenvalue weighted by Gasteiger charge is -2.12. The van der Waals surface area contributed by atoms with Crippen LogP contribution < -0.4 is 0 Å². The Kier molecular flexibility index (Phi) is 2.76. The molecule has 0 aliphatic carbocycles. The van der Waals surface area contributed by atoms with Crippen molar-refractivity contribution in [2.75, 3.05) is 20.2 Å². The van der Waals surface area contributed by atoms with Crippen molar-refractivity contribution in [3.63, 3.8) is 0 Å². The van der Waals surface area contributed by atoms with Gasteiger partial charge in [0.25, 0.3) is 5.91 Å². The van der Waals surface area contributed by atoms with Gasteiger partial charge in [0.1, 0.15) is 0 Å². The highest BCUT2D eigenvalue weighted by Gasteiger charge is 2.17. The molecule has 0 unspecified atom stereocenters. The lowest BCUT2D eigenvalue weighted by atomic mass is 10.2. The summed E-state index contributed by atoms with van der Waals surface area (Å²) in [5.41, 5.74) is 0.702. The standard InChI is InChI=1S/C9H11NO2/c1-3-5-10(2)9(11)8-4-6-12-7-8/h1,7H,4-6H2,2H3. The molecule has 0 bridgehead atoms. The minimum atomic E-state index is -0.0366. The fourth-order valence-electron chi connectivity index (χ4n) is 0.999. The summed E-state index contributed by atoms with van der Waals surface area (Å²) in [6.45, 7) is 0.946. The summed E-state index contributed by atoms with van der Waals surface area (Å²) in [5.74, 6) is 2.37. The zero-order valence-electron chi connectivity index (χ0n) is 7.04. The molecule has 1 heterocycles. The van der Waals surface area contributed by atoms with Crippen LogP contribution in [-0.4, -0.2) is 31.0 Å². The van der Waals surface area contributed by atoms with Gasteiger partial charge in [-0.05, 0) is 0 Å². The monoisotopic (exact) mass is 165 g/mol. The molecule has 3 nitrogen and oxygen atoms in total. The van der Waals surface area contributed by atoms with Gasteiger partial charge in [-0.15, -0.1) is 6.42 Å². The average molecular weight is 165 g/mol. The zero-order valence-corrected chi connectivity index (χ0v) is 7.04. The molecule has 12 heavy (non-hydrogen) atoms. The summed E-state index contributed by atoms with van der Waals surface area (Å²) >= 11 is 0. The fraction of sp³-hybridized carbons (Fsp3) is 0.444. The van der Waals surface area contributed by atoms with Gasteiger partial charge in [-0.3, -0.25) is 4.79 Å². The Morgan fingerprint density at radius 2 is 2.67 bits per heavy atom. The highest BCUT2D eigenvalue weighted by atomic mass is 16.5. The predicted molar refractivity (Wildman–Crippen MR) is 45.1 cm³/mol. The van der Waals surface area contributed by atoms with Crippen molar-refractivity contribution in [2.24, 2.45) is 0 Å². The molecule has 0 aromatic rings. The van der Waals surface area contributed by atoms with Gasteiger partial charge in [-0.2, -0.15) is 0 Å². The average Bonchev–Trinajstić information content (AvgIpc) is 2.55. The number of terminal acetylenes is 1. The smallest absolute Gasteiger partial charge is 0.253 e. The van der Waals surface area contributed by atoms with E-state index in [1.54, 1.807) is 7.05 Å². The van der Waals surface area contributed by atoms with Crippen LogP contribution in [0.3, 0.4) is 0 Å². The van der Waals surface area contributed by atoms with E-state index in [4.69, 9.17) is 11.2 Å². The highest BCUT2D eigenvalue weighted by molar-refractivity contribution is 5.93. The Hall–Kier alpha value is -1.43. The molecule has 1 aliphatic heterocycles. The quantitative estimate of drug-likeness (QED) is 0.554. The van der Waals surface area contributed by atoms with E-state index in [0.29, 0.717) is 25.1 Å². The molecular weight excluding hydrogens is 154 g/mol. The summed E-state index contributed by atoms with van der Waals surface area (Å²) in [4.78, 5) is 12.9. The molecule has 0 aromatic heterocycles. The first-order chi connectivity index (χ1) is 5.75. The van der Waals surface area contributed by atoms with Crippen molar-refractivity contribution in [2.45, 2.75) is 6.42 Å².